The topological polar surface area (TPSA) is 60.7 Å². The maximum Gasteiger partial charge on any atom is 0.224 e. The van der Waals surface area contributed by atoms with E-state index in [1.165, 1.54) is 17.1 Å². The van der Waals surface area contributed by atoms with E-state index in [2.05, 4.69) is 15.1 Å². The summed E-state index contributed by atoms with van der Waals surface area (Å²) in [6.45, 7) is 0. The van der Waals surface area contributed by atoms with Crippen molar-refractivity contribution in [2.75, 3.05) is 0 Å². The number of aromatic nitrogens is 4. The average Bonchev–Trinajstić information content (AvgIpc) is 2.66. The Morgan fingerprint density at radius 3 is 3.00 bits per heavy atom. The second kappa shape index (κ2) is 3.55. The molecule has 0 aliphatic rings. The number of rotatable bonds is 2. The van der Waals surface area contributed by atoms with Crippen LogP contribution in [0.15, 0.2) is 24.7 Å². The Morgan fingerprint density at radius 1 is 1.50 bits per heavy atom. The quantitative estimate of drug-likeness (QED) is 0.548. The molecular weight excluding hydrogens is 204 g/mol. The minimum absolute atomic E-state index is 0.144. The van der Waals surface area contributed by atoms with Crippen molar-refractivity contribution in [3.63, 3.8) is 0 Å². The smallest absolute Gasteiger partial charge is 0.224 e. The minimum Gasteiger partial charge on any atom is -0.298 e. The standard InChI is InChI=1S/C8H5ClN4O/c9-8-10-2-1-7(12-8)13-4-6(5-14)3-11-13/h1-5H. The van der Waals surface area contributed by atoms with Gasteiger partial charge in [0.05, 0.1) is 11.8 Å². The summed E-state index contributed by atoms with van der Waals surface area (Å²) < 4.78 is 1.46. The molecule has 0 fully saturated rings. The van der Waals surface area contributed by atoms with Gasteiger partial charge in [-0.1, -0.05) is 0 Å². The number of carbonyl (C=O) groups is 1. The van der Waals surface area contributed by atoms with Crippen molar-refractivity contribution in [3.05, 3.63) is 35.5 Å². The normalized spacial score (nSPS) is 10.1. The van der Waals surface area contributed by atoms with Crippen LogP contribution in [0.3, 0.4) is 0 Å². The highest BCUT2D eigenvalue weighted by Gasteiger charge is 2.01. The van der Waals surface area contributed by atoms with E-state index in [0.717, 1.165) is 0 Å². The zero-order valence-electron chi connectivity index (χ0n) is 6.96. The molecule has 5 nitrogen and oxygen atoms in total. The summed E-state index contributed by atoms with van der Waals surface area (Å²) in [6, 6.07) is 1.65. The van der Waals surface area contributed by atoms with Gasteiger partial charge in [-0.3, -0.25) is 4.79 Å². The van der Waals surface area contributed by atoms with Gasteiger partial charge in [0.1, 0.15) is 0 Å². The lowest BCUT2D eigenvalue weighted by molar-refractivity contribution is 0.112. The fourth-order valence-electron chi connectivity index (χ4n) is 0.977. The second-order valence-corrected chi connectivity index (χ2v) is 2.86. The van der Waals surface area contributed by atoms with Gasteiger partial charge >= 0.3 is 0 Å². The number of nitrogens with zero attached hydrogens (tertiary/aromatic N) is 4. The molecule has 2 aromatic rings. The van der Waals surface area contributed by atoms with Crippen LogP contribution in [-0.2, 0) is 0 Å². The summed E-state index contributed by atoms with van der Waals surface area (Å²) in [6.07, 6.45) is 5.24. The summed E-state index contributed by atoms with van der Waals surface area (Å²) in [4.78, 5) is 18.1. The molecule has 2 aromatic heterocycles. The van der Waals surface area contributed by atoms with E-state index in [1.54, 1.807) is 12.3 Å². The van der Waals surface area contributed by atoms with Gasteiger partial charge in [0.25, 0.3) is 0 Å². The molecule has 0 bridgehead atoms. The Labute approximate surface area is 84.4 Å². The van der Waals surface area contributed by atoms with E-state index in [1.807, 2.05) is 0 Å². The highest BCUT2D eigenvalue weighted by molar-refractivity contribution is 6.28. The summed E-state index contributed by atoms with van der Waals surface area (Å²) in [7, 11) is 0. The molecule has 0 radical (unpaired) electrons. The first-order valence-electron chi connectivity index (χ1n) is 3.78. The van der Waals surface area contributed by atoms with Crippen molar-refractivity contribution in [3.8, 4) is 5.82 Å². The molecule has 0 aromatic carbocycles. The SMILES string of the molecule is O=Cc1cnn(-c2ccnc(Cl)n2)c1. The lowest BCUT2D eigenvalue weighted by Crippen LogP contribution is -1.98. The molecule has 0 aliphatic heterocycles. The molecule has 0 spiro atoms. The lowest BCUT2D eigenvalue weighted by atomic mass is 10.4. The summed E-state index contributed by atoms with van der Waals surface area (Å²) in [5.74, 6) is 0.526. The van der Waals surface area contributed by atoms with Crippen LogP contribution in [0, 0.1) is 0 Å². The molecular formula is C8H5ClN4O. The molecule has 0 unspecified atom stereocenters. The van der Waals surface area contributed by atoms with Crippen molar-refractivity contribution < 1.29 is 4.79 Å². The molecule has 0 N–H and O–H groups in total. The van der Waals surface area contributed by atoms with Crippen molar-refractivity contribution >= 4 is 17.9 Å². The zero-order chi connectivity index (χ0) is 9.97. The molecule has 70 valence electrons. The van der Waals surface area contributed by atoms with Crippen LogP contribution >= 0.6 is 11.6 Å². The molecule has 2 heterocycles. The van der Waals surface area contributed by atoms with Crippen LogP contribution in [0.4, 0.5) is 0 Å². The Kier molecular flexibility index (Phi) is 2.24. The maximum absolute atomic E-state index is 10.4. The van der Waals surface area contributed by atoms with E-state index in [4.69, 9.17) is 11.6 Å². The van der Waals surface area contributed by atoms with E-state index in [0.29, 0.717) is 17.7 Å². The predicted molar refractivity (Wildman–Crippen MR) is 49.6 cm³/mol. The summed E-state index contributed by atoms with van der Waals surface area (Å²) in [5, 5.41) is 4.08. The Bertz CT molecular complexity index is 468. The molecule has 0 amide bonds. The van der Waals surface area contributed by atoms with Crippen LogP contribution in [0.25, 0.3) is 5.82 Å². The molecule has 2 rings (SSSR count). The number of aldehydes is 1. The van der Waals surface area contributed by atoms with Crippen LogP contribution < -0.4 is 0 Å². The monoisotopic (exact) mass is 208 g/mol. The van der Waals surface area contributed by atoms with Crippen molar-refractivity contribution in [2.24, 2.45) is 0 Å². The largest absolute Gasteiger partial charge is 0.298 e. The first-order chi connectivity index (χ1) is 6.79. The van der Waals surface area contributed by atoms with Crippen molar-refractivity contribution in [2.45, 2.75) is 0 Å². The third-order valence-electron chi connectivity index (χ3n) is 1.58. The van der Waals surface area contributed by atoms with E-state index in [9.17, 15) is 4.79 Å². The Balaban J connectivity index is 2.43. The van der Waals surface area contributed by atoms with Crippen molar-refractivity contribution in [1.82, 2.24) is 19.7 Å². The molecule has 0 saturated carbocycles. The number of halogens is 1. The van der Waals surface area contributed by atoms with Gasteiger partial charge in [-0.2, -0.15) is 10.1 Å². The van der Waals surface area contributed by atoms with Gasteiger partial charge < -0.3 is 0 Å². The predicted octanol–water partition coefficient (Wildman–Crippen LogP) is 1.13. The maximum atomic E-state index is 10.4. The minimum atomic E-state index is 0.144. The first-order valence-corrected chi connectivity index (χ1v) is 4.16. The average molecular weight is 209 g/mol. The summed E-state index contributed by atoms with van der Waals surface area (Å²) in [5.41, 5.74) is 0.486. The van der Waals surface area contributed by atoms with Crippen molar-refractivity contribution in [1.29, 1.82) is 0 Å². The van der Waals surface area contributed by atoms with E-state index in [-0.39, 0.29) is 5.28 Å². The third-order valence-corrected chi connectivity index (χ3v) is 1.77. The van der Waals surface area contributed by atoms with E-state index >= 15 is 0 Å². The van der Waals surface area contributed by atoms with Crippen LogP contribution in [0.1, 0.15) is 10.4 Å². The molecule has 6 heteroatoms. The fraction of sp³-hybridized carbons (Fsp3) is 0. The number of hydrogen-bond donors (Lipinski definition) is 0. The van der Waals surface area contributed by atoms with Gasteiger partial charge in [-0.15, -0.1) is 0 Å². The molecule has 14 heavy (non-hydrogen) atoms. The molecule has 0 saturated heterocycles. The van der Waals surface area contributed by atoms with Gasteiger partial charge in [-0.05, 0) is 11.6 Å². The van der Waals surface area contributed by atoms with Gasteiger partial charge in [0.2, 0.25) is 5.28 Å². The van der Waals surface area contributed by atoms with E-state index < -0.39 is 0 Å². The highest BCUT2D eigenvalue weighted by Crippen LogP contribution is 2.06. The molecule has 0 atom stereocenters. The molecule has 0 aliphatic carbocycles. The van der Waals surface area contributed by atoms with Crippen LogP contribution in [-0.4, -0.2) is 26.0 Å². The third kappa shape index (κ3) is 1.62. The van der Waals surface area contributed by atoms with Gasteiger partial charge in [-0.25, -0.2) is 9.67 Å². The van der Waals surface area contributed by atoms with Crippen LogP contribution in [0.2, 0.25) is 5.28 Å². The van der Waals surface area contributed by atoms with Gasteiger partial charge in [0, 0.05) is 18.5 Å². The fourth-order valence-corrected chi connectivity index (χ4v) is 1.12. The number of hydrogen-bond acceptors (Lipinski definition) is 4. The Morgan fingerprint density at radius 2 is 2.36 bits per heavy atom. The number of carbonyl (C=O) groups excluding carboxylic acids is 1. The van der Waals surface area contributed by atoms with Gasteiger partial charge in [0.15, 0.2) is 12.1 Å². The van der Waals surface area contributed by atoms with Crippen LogP contribution in [0.5, 0.6) is 0 Å². The second-order valence-electron chi connectivity index (χ2n) is 2.52. The summed E-state index contributed by atoms with van der Waals surface area (Å²) >= 11 is 5.60. The highest BCUT2D eigenvalue weighted by atomic mass is 35.5. The zero-order valence-corrected chi connectivity index (χ0v) is 7.72. The Hall–Kier alpha value is -1.75. The first kappa shape index (κ1) is 8.83. The lowest BCUT2D eigenvalue weighted by Gasteiger charge is -1.98.